The Morgan fingerprint density at radius 2 is 1.97 bits per heavy atom. The van der Waals surface area contributed by atoms with E-state index in [-0.39, 0.29) is 24.1 Å². The lowest BCUT2D eigenvalue weighted by molar-refractivity contribution is -0.385. The second kappa shape index (κ2) is 8.46. The molecule has 3 rings (SSSR count). The number of hydrogen-bond acceptors (Lipinski definition) is 8. The molecule has 10 nitrogen and oxygen atoms in total. The van der Waals surface area contributed by atoms with Crippen molar-refractivity contribution in [2.24, 2.45) is 0 Å². The Balaban J connectivity index is 1.63. The van der Waals surface area contributed by atoms with Crippen molar-refractivity contribution in [2.75, 3.05) is 20.5 Å². The molecule has 0 spiro atoms. The summed E-state index contributed by atoms with van der Waals surface area (Å²) >= 11 is 0. The fourth-order valence-electron chi connectivity index (χ4n) is 2.72. The van der Waals surface area contributed by atoms with Crippen LogP contribution < -0.4 is 19.5 Å². The predicted molar refractivity (Wildman–Crippen MR) is 99.1 cm³/mol. The predicted octanol–water partition coefficient (Wildman–Crippen LogP) is 2.37. The lowest BCUT2D eigenvalue weighted by atomic mass is 10.1. The number of rotatable bonds is 7. The first-order valence-electron chi connectivity index (χ1n) is 8.57. The minimum absolute atomic E-state index is 0.00688. The van der Waals surface area contributed by atoms with Gasteiger partial charge in [-0.2, -0.15) is 0 Å². The van der Waals surface area contributed by atoms with Gasteiger partial charge in [0.25, 0.3) is 5.91 Å². The van der Waals surface area contributed by atoms with Crippen LogP contribution in [0.5, 0.6) is 17.2 Å². The van der Waals surface area contributed by atoms with Crippen LogP contribution in [0.15, 0.2) is 36.4 Å². The van der Waals surface area contributed by atoms with E-state index in [1.54, 1.807) is 25.1 Å². The fourth-order valence-corrected chi connectivity index (χ4v) is 2.72. The molecule has 0 aromatic heterocycles. The van der Waals surface area contributed by atoms with E-state index in [0.717, 1.165) is 11.6 Å². The van der Waals surface area contributed by atoms with Gasteiger partial charge in [-0.05, 0) is 36.8 Å². The van der Waals surface area contributed by atoms with Crippen LogP contribution in [-0.2, 0) is 9.53 Å². The highest BCUT2D eigenvalue weighted by Gasteiger charge is 2.21. The quantitative estimate of drug-likeness (QED) is 0.425. The standard InChI is InChI=1S/C19H18N2O8/c1-11(12-3-6-16-17(8-12)29-10-28-16)20-18(22)9-27-15-5-4-13(19(23)26-2)7-14(15)21(24)25/h3-8,11H,9-10H2,1-2H3,(H,20,22)/t11-/m0/s1. The molecular formula is C19H18N2O8. The van der Waals surface area contributed by atoms with Crippen LogP contribution in [0.3, 0.4) is 0 Å². The van der Waals surface area contributed by atoms with Crippen LogP contribution in [0.2, 0.25) is 0 Å². The van der Waals surface area contributed by atoms with Gasteiger partial charge in [0.2, 0.25) is 6.79 Å². The van der Waals surface area contributed by atoms with Crippen molar-refractivity contribution in [3.63, 3.8) is 0 Å². The Bertz CT molecular complexity index is 959. The van der Waals surface area contributed by atoms with Crippen molar-refractivity contribution in [3.05, 3.63) is 57.6 Å². The van der Waals surface area contributed by atoms with Gasteiger partial charge in [0.15, 0.2) is 23.9 Å². The number of benzene rings is 2. The maximum Gasteiger partial charge on any atom is 0.338 e. The van der Waals surface area contributed by atoms with Gasteiger partial charge in [-0.1, -0.05) is 6.07 Å². The molecule has 0 bridgehead atoms. The Morgan fingerprint density at radius 1 is 1.21 bits per heavy atom. The molecular weight excluding hydrogens is 384 g/mol. The number of ether oxygens (including phenoxy) is 4. The van der Waals surface area contributed by atoms with Crippen molar-refractivity contribution in [1.82, 2.24) is 5.32 Å². The number of amides is 1. The summed E-state index contributed by atoms with van der Waals surface area (Å²) in [5, 5.41) is 14.0. The summed E-state index contributed by atoms with van der Waals surface area (Å²) in [5.41, 5.74) is 0.368. The first-order chi connectivity index (χ1) is 13.9. The smallest absolute Gasteiger partial charge is 0.338 e. The number of esters is 1. The molecule has 2 aromatic rings. The molecule has 0 unspecified atom stereocenters. The van der Waals surface area contributed by atoms with Gasteiger partial charge in [-0.25, -0.2) is 4.79 Å². The number of nitro benzene ring substituents is 1. The highest BCUT2D eigenvalue weighted by molar-refractivity contribution is 5.90. The van der Waals surface area contributed by atoms with E-state index in [1.165, 1.54) is 19.2 Å². The maximum atomic E-state index is 12.2. The first-order valence-corrected chi connectivity index (χ1v) is 8.57. The highest BCUT2D eigenvalue weighted by atomic mass is 16.7. The van der Waals surface area contributed by atoms with E-state index in [0.29, 0.717) is 11.5 Å². The van der Waals surface area contributed by atoms with Crippen LogP contribution in [0.4, 0.5) is 5.69 Å². The second-order valence-electron chi connectivity index (χ2n) is 6.12. The van der Waals surface area contributed by atoms with Crippen LogP contribution in [0, 0.1) is 10.1 Å². The zero-order valence-electron chi connectivity index (χ0n) is 15.7. The third-order valence-electron chi connectivity index (χ3n) is 4.21. The first kappa shape index (κ1) is 19.9. The molecule has 1 amide bonds. The van der Waals surface area contributed by atoms with E-state index >= 15 is 0 Å². The molecule has 0 fully saturated rings. The maximum absolute atomic E-state index is 12.2. The summed E-state index contributed by atoms with van der Waals surface area (Å²) in [7, 11) is 1.17. The molecule has 29 heavy (non-hydrogen) atoms. The zero-order chi connectivity index (χ0) is 21.0. The average molecular weight is 402 g/mol. The van der Waals surface area contributed by atoms with Crippen molar-refractivity contribution in [1.29, 1.82) is 0 Å². The van der Waals surface area contributed by atoms with Gasteiger partial charge in [-0.15, -0.1) is 0 Å². The Kier molecular flexibility index (Phi) is 5.82. The topological polar surface area (TPSA) is 126 Å². The van der Waals surface area contributed by atoms with E-state index in [4.69, 9.17) is 14.2 Å². The molecule has 0 aliphatic carbocycles. The number of nitrogens with one attached hydrogen (secondary N) is 1. The Labute approximate surface area is 165 Å². The van der Waals surface area contributed by atoms with E-state index < -0.39 is 29.1 Å². The minimum Gasteiger partial charge on any atom is -0.477 e. The summed E-state index contributed by atoms with van der Waals surface area (Å²) < 4.78 is 20.4. The van der Waals surface area contributed by atoms with Gasteiger partial charge < -0.3 is 24.3 Å². The lowest BCUT2D eigenvalue weighted by Gasteiger charge is -2.15. The van der Waals surface area contributed by atoms with Crippen LogP contribution in [0.1, 0.15) is 28.9 Å². The zero-order valence-corrected chi connectivity index (χ0v) is 15.7. The largest absolute Gasteiger partial charge is 0.477 e. The van der Waals surface area contributed by atoms with Crippen LogP contribution in [-0.4, -0.2) is 37.3 Å². The van der Waals surface area contributed by atoms with Crippen molar-refractivity contribution in [2.45, 2.75) is 13.0 Å². The highest BCUT2D eigenvalue weighted by Crippen LogP contribution is 2.34. The number of nitro groups is 1. The minimum atomic E-state index is -0.713. The molecule has 1 aliphatic heterocycles. The van der Waals surface area contributed by atoms with Crippen molar-refractivity contribution >= 4 is 17.6 Å². The molecule has 1 heterocycles. The molecule has 10 heteroatoms. The lowest BCUT2D eigenvalue weighted by Crippen LogP contribution is -2.31. The van der Waals surface area contributed by atoms with Gasteiger partial charge in [0, 0.05) is 6.07 Å². The number of carbonyl (C=O) groups excluding carboxylic acids is 2. The third-order valence-corrected chi connectivity index (χ3v) is 4.21. The molecule has 0 saturated carbocycles. The van der Waals surface area contributed by atoms with Crippen molar-refractivity contribution < 1.29 is 33.5 Å². The Hall–Kier alpha value is -3.82. The molecule has 152 valence electrons. The van der Waals surface area contributed by atoms with Gasteiger partial charge in [0.05, 0.1) is 23.6 Å². The number of methoxy groups -OCH3 is 1. The SMILES string of the molecule is COC(=O)c1ccc(OCC(=O)N[C@@H](C)c2ccc3c(c2)OCO3)c([N+](=O)[O-])c1. The second-order valence-corrected chi connectivity index (χ2v) is 6.12. The summed E-state index contributed by atoms with van der Waals surface area (Å²) in [4.78, 5) is 34.3. The number of hydrogen-bond donors (Lipinski definition) is 1. The molecule has 0 radical (unpaired) electrons. The summed E-state index contributed by atoms with van der Waals surface area (Å²) in [6, 6.07) is 8.58. The number of fused-ring (bicyclic) bond motifs is 1. The van der Waals surface area contributed by atoms with E-state index in [9.17, 15) is 19.7 Å². The fraction of sp³-hybridized carbons (Fsp3) is 0.263. The average Bonchev–Trinajstić information content (AvgIpc) is 3.19. The monoisotopic (exact) mass is 402 g/mol. The van der Waals surface area contributed by atoms with Crippen LogP contribution in [0.25, 0.3) is 0 Å². The molecule has 1 aliphatic rings. The number of carbonyl (C=O) groups is 2. The Morgan fingerprint density at radius 3 is 2.69 bits per heavy atom. The normalized spacial score (nSPS) is 12.8. The van der Waals surface area contributed by atoms with Gasteiger partial charge in [-0.3, -0.25) is 14.9 Å². The third kappa shape index (κ3) is 4.54. The molecule has 2 aromatic carbocycles. The van der Waals surface area contributed by atoms with Crippen molar-refractivity contribution in [3.8, 4) is 17.2 Å². The van der Waals surface area contributed by atoms with Gasteiger partial charge >= 0.3 is 11.7 Å². The summed E-state index contributed by atoms with van der Waals surface area (Å²) in [5.74, 6) is -0.0792. The van der Waals surface area contributed by atoms with Crippen LogP contribution >= 0.6 is 0 Å². The van der Waals surface area contributed by atoms with E-state index in [1.807, 2.05) is 0 Å². The molecule has 1 atom stereocenters. The summed E-state index contributed by atoms with van der Waals surface area (Å²) in [6.45, 7) is 1.50. The van der Waals surface area contributed by atoms with E-state index in [2.05, 4.69) is 10.1 Å². The molecule has 1 N–H and O–H groups in total. The molecule has 0 saturated heterocycles. The van der Waals surface area contributed by atoms with Gasteiger partial charge in [0.1, 0.15) is 0 Å². The number of nitrogens with zero attached hydrogens (tertiary/aromatic N) is 1. The summed E-state index contributed by atoms with van der Waals surface area (Å²) in [6.07, 6.45) is 0.